The summed E-state index contributed by atoms with van der Waals surface area (Å²) < 4.78 is 11.7. The second-order valence-corrected chi connectivity index (χ2v) is 6.92. The Balaban J connectivity index is 1.78. The molecule has 1 aromatic heterocycles. The third-order valence-electron chi connectivity index (χ3n) is 4.77. The van der Waals surface area contributed by atoms with Gasteiger partial charge in [-0.15, -0.1) is 5.10 Å². The van der Waals surface area contributed by atoms with E-state index in [9.17, 15) is 9.59 Å². The minimum absolute atomic E-state index is 0.0794. The molecule has 3 aromatic rings. The summed E-state index contributed by atoms with van der Waals surface area (Å²) in [6.45, 7) is 1.85. The molecular formula is C22H24N4O4. The van der Waals surface area contributed by atoms with Crippen molar-refractivity contribution in [1.29, 1.82) is 0 Å². The molecule has 0 N–H and O–H groups in total. The molecule has 0 bridgehead atoms. The molecule has 2 aromatic carbocycles. The van der Waals surface area contributed by atoms with E-state index in [-0.39, 0.29) is 24.9 Å². The lowest BCUT2D eigenvalue weighted by molar-refractivity contribution is -0.145. The topological polar surface area (TPSA) is 96.2 Å². The van der Waals surface area contributed by atoms with Crippen LogP contribution in [0.25, 0.3) is 0 Å². The van der Waals surface area contributed by atoms with Crippen molar-refractivity contribution in [3.63, 3.8) is 0 Å². The van der Waals surface area contributed by atoms with Gasteiger partial charge >= 0.3 is 11.9 Å². The van der Waals surface area contributed by atoms with E-state index in [1.165, 1.54) is 11.8 Å². The number of hydrogen-bond acceptors (Lipinski definition) is 7. The Bertz CT molecular complexity index is 960. The summed E-state index contributed by atoms with van der Waals surface area (Å²) in [5.74, 6) is -0.750. The number of carbonyl (C=O) groups is 2. The highest BCUT2D eigenvalue weighted by Crippen LogP contribution is 2.25. The van der Waals surface area contributed by atoms with Crippen LogP contribution >= 0.6 is 0 Å². The Labute approximate surface area is 174 Å². The molecule has 0 radical (unpaired) electrons. The zero-order valence-corrected chi connectivity index (χ0v) is 17.0. The van der Waals surface area contributed by atoms with Crippen LogP contribution < -0.4 is 0 Å². The predicted octanol–water partition coefficient (Wildman–Crippen LogP) is 2.87. The Morgan fingerprint density at radius 3 is 2.27 bits per heavy atom. The van der Waals surface area contributed by atoms with Crippen LogP contribution in [0, 0.1) is 0 Å². The van der Waals surface area contributed by atoms with Gasteiger partial charge < -0.3 is 9.47 Å². The number of benzene rings is 2. The Morgan fingerprint density at radius 1 is 1.00 bits per heavy atom. The van der Waals surface area contributed by atoms with Crippen molar-refractivity contribution in [2.75, 3.05) is 7.11 Å². The van der Waals surface area contributed by atoms with E-state index in [1.54, 1.807) is 6.92 Å². The lowest BCUT2D eigenvalue weighted by Gasteiger charge is -2.18. The van der Waals surface area contributed by atoms with E-state index in [4.69, 9.17) is 9.47 Å². The molecule has 156 valence electrons. The van der Waals surface area contributed by atoms with Crippen LogP contribution in [0.4, 0.5) is 0 Å². The van der Waals surface area contributed by atoms with E-state index >= 15 is 0 Å². The molecule has 0 unspecified atom stereocenters. The first-order valence-electron chi connectivity index (χ1n) is 9.67. The van der Waals surface area contributed by atoms with Crippen molar-refractivity contribution >= 4 is 11.9 Å². The second kappa shape index (κ2) is 10.3. The van der Waals surface area contributed by atoms with E-state index in [0.29, 0.717) is 12.2 Å². The van der Waals surface area contributed by atoms with Crippen LogP contribution in [-0.2, 0) is 32.1 Å². The van der Waals surface area contributed by atoms with Crippen molar-refractivity contribution in [3.05, 3.63) is 77.6 Å². The molecule has 0 amide bonds. The van der Waals surface area contributed by atoms with Crippen LogP contribution in [-0.4, -0.2) is 39.3 Å². The average Bonchev–Trinajstić information content (AvgIpc) is 3.27. The molecule has 30 heavy (non-hydrogen) atoms. The van der Waals surface area contributed by atoms with Gasteiger partial charge in [0, 0.05) is 5.92 Å². The maximum Gasteiger partial charge on any atom is 0.330 e. The van der Waals surface area contributed by atoms with Gasteiger partial charge in [0.15, 0.2) is 11.9 Å². The lowest BCUT2D eigenvalue weighted by Crippen LogP contribution is -2.24. The van der Waals surface area contributed by atoms with Gasteiger partial charge in [-0.3, -0.25) is 4.79 Å². The van der Waals surface area contributed by atoms with Gasteiger partial charge in [-0.2, -0.15) is 0 Å². The third-order valence-corrected chi connectivity index (χ3v) is 4.77. The summed E-state index contributed by atoms with van der Waals surface area (Å²) in [4.78, 5) is 24.6. The van der Waals surface area contributed by atoms with Gasteiger partial charge in [-0.1, -0.05) is 60.7 Å². The first-order valence-corrected chi connectivity index (χ1v) is 9.67. The number of ether oxygens (including phenoxy) is 2. The maximum atomic E-state index is 12.6. The molecule has 2 atom stereocenters. The summed E-state index contributed by atoms with van der Waals surface area (Å²) in [5.41, 5.74) is 1.94. The predicted molar refractivity (Wildman–Crippen MR) is 108 cm³/mol. The first kappa shape index (κ1) is 21.2. The molecular weight excluding hydrogens is 384 g/mol. The van der Waals surface area contributed by atoms with Crippen molar-refractivity contribution in [1.82, 2.24) is 20.2 Å². The number of tetrazole rings is 1. The number of methoxy groups -OCH3 is 1. The van der Waals surface area contributed by atoms with Crippen molar-refractivity contribution < 1.29 is 19.1 Å². The molecule has 0 aliphatic heterocycles. The standard InChI is InChI=1S/C22H24N4O4/c1-16(22(28)29-2)26-21(23-24-25-26)19(13-17-9-5-3-6-10-17)14-20(27)30-15-18-11-7-4-8-12-18/h3-12,16,19H,13-15H2,1-2H3/t16-,19+/m0/s1. The summed E-state index contributed by atoms with van der Waals surface area (Å²) in [6, 6.07) is 18.5. The van der Waals surface area contributed by atoms with Gasteiger partial charge in [0.2, 0.25) is 0 Å². The molecule has 1 heterocycles. The molecule has 8 heteroatoms. The largest absolute Gasteiger partial charge is 0.467 e. The average molecular weight is 408 g/mol. The zero-order chi connectivity index (χ0) is 21.3. The minimum atomic E-state index is -0.710. The third kappa shape index (κ3) is 5.50. The minimum Gasteiger partial charge on any atom is -0.467 e. The molecule has 0 saturated heterocycles. The summed E-state index contributed by atoms with van der Waals surface area (Å²) in [5, 5.41) is 11.8. The molecule has 3 rings (SSSR count). The van der Waals surface area contributed by atoms with Gasteiger partial charge in [0.05, 0.1) is 13.5 Å². The summed E-state index contributed by atoms with van der Waals surface area (Å²) in [7, 11) is 1.31. The molecule has 0 spiro atoms. The lowest BCUT2D eigenvalue weighted by atomic mass is 9.95. The Morgan fingerprint density at radius 2 is 1.63 bits per heavy atom. The zero-order valence-electron chi connectivity index (χ0n) is 17.0. The van der Waals surface area contributed by atoms with Crippen LogP contribution in [0.2, 0.25) is 0 Å². The quantitative estimate of drug-likeness (QED) is 0.502. The summed E-state index contributed by atoms with van der Waals surface area (Å²) >= 11 is 0. The van der Waals surface area contributed by atoms with Crippen LogP contribution in [0.1, 0.15) is 42.3 Å². The molecule has 0 aliphatic carbocycles. The Hall–Kier alpha value is -3.55. The smallest absolute Gasteiger partial charge is 0.330 e. The van der Waals surface area contributed by atoms with Crippen molar-refractivity contribution in [3.8, 4) is 0 Å². The van der Waals surface area contributed by atoms with Gasteiger partial charge in [0.1, 0.15) is 6.61 Å². The highest BCUT2D eigenvalue weighted by Gasteiger charge is 2.28. The fraction of sp³-hybridized carbons (Fsp3) is 0.318. The fourth-order valence-electron chi connectivity index (χ4n) is 3.17. The van der Waals surface area contributed by atoms with E-state index in [2.05, 4.69) is 15.5 Å². The monoisotopic (exact) mass is 408 g/mol. The first-order chi connectivity index (χ1) is 14.6. The Kier molecular flexibility index (Phi) is 7.26. The molecule has 0 saturated carbocycles. The number of carbonyl (C=O) groups excluding carboxylic acids is 2. The highest BCUT2D eigenvalue weighted by atomic mass is 16.5. The molecule has 0 aliphatic rings. The number of esters is 2. The number of rotatable bonds is 9. The highest BCUT2D eigenvalue weighted by molar-refractivity contribution is 5.73. The number of hydrogen-bond donors (Lipinski definition) is 0. The SMILES string of the molecule is COC(=O)[C@H](C)n1nnnc1[C@@H](CC(=O)OCc1ccccc1)Cc1ccccc1. The van der Waals surface area contributed by atoms with Crippen LogP contribution in [0.3, 0.4) is 0 Å². The van der Waals surface area contributed by atoms with Gasteiger partial charge in [-0.25, -0.2) is 9.48 Å². The van der Waals surface area contributed by atoms with Gasteiger partial charge in [0.25, 0.3) is 0 Å². The summed E-state index contributed by atoms with van der Waals surface area (Å²) in [6.07, 6.45) is 0.603. The number of aromatic nitrogens is 4. The number of nitrogens with zero attached hydrogens (tertiary/aromatic N) is 4. The second-order valence-electron chi connectivity index (χ2n) is 6.92. The fourth-order valence-corrected chi connectivity index (χ4v) is 3.17. The van der Waals surface area contributed by atoms with Crippen molar-refractivity contribution in [2.45, 2.75) is 38.3 Å². The molecule has 0 fully saturated rings. The molecule has 8 nitrogen and oxygen atoms in total. The maximum absolute atomic E-state index is 12.6. The van der Waals surface area contributed by atoms with E-state index in [1.807, 2.05) is 60.7 Å². The van der Waals surface area contributed by atoms with Crippen LogP contribution in [0.15, 0.2) is 60.7 Å². The van der Waals surface area contributed by atoms with Crippen LogP contribution in [0.5, 0.6) is 0 Å². The van der Waals surface area contributed by atoms with Crippen molar-refractivity contribution in [2.24, 2.45) is 0 Å². The van der Waals surface area contributed by atoms with Gasteiger partial charge in [-0.05, 0) is 34.9 Å². The normalized spacial score (nSPS) is 12.7. The van der Waals surface area contributed by atoms with E-state index < -0.39 is 12.0 Å². The van der Waals surface area contributed by atoms with E-state index in [0.717, 1.165) is 11.1 Å².